The Labute approximate surface area is 113 Å². The second-order valence-electron chi connectivity index (χ2n) is 4.17. The van der Waals surface area contributed by atoms with E-state index in [9.17, 15) is 9.59 Å². The highest BCUT2D eigenvalue weighted by Crippen LogP contribution is 2.28. The molecule has 0 aliphatic carbocycles. The van der Waals surface area contributed by atoms with Crippen LogP contribution in [-0.2, 0) is 23.8 Å². The summed E-state index contributed by atoms with van der Waals surface area (Å²) in [6.45, 7) is 5.65. The number of amides is 1. The van der Waals surface area contributed by atoms with Crippen molar-refractivity contribution in [2.24, 2.45) is 0 Å². The zero-order chi connectivity index (χ0) is 14.4. The van der Waals surface area contributed by atoms with Crippen LogP contribution in [0.1, 0.15) is 33.6 Å². The van der Waals surface area contributed by atoms with Gasteiger partial charge in [-0.3, -0.25) is 4.79 Å². The molecule has 0 radical (unpaired) electrons. The van der Waals surface area contributed by atoms with Gasteiger partial charge in [-0.05, 0) is 6.92 Å². The number of nitrogens with one attached hydrogen (secondary N) is 1. The average Bonchev–Trinajstić information content (AvgIpc) is 2.37. The summed E-state index contributed by atoms with van der Waals surface area (Å²) in [7, 11) is 1.31. The number of ether oxygens (including phenoxy) is 3. The Morgan fingerprint density at radius 2 is 2.11 bits per heavy atom. The normalized spacial score (nSPS) is 22.7. The number of hydrogen-bond donors (Lipinski definition) is 1. The molecule has 1 rings (SSSR count). The lowest BCUT2D eigenvalue weighted by molar-refractivity contribution is -0.146. The number of hydrogen-bond acceptors (Lipinski definition) is 5. The zero-order valence-corrected chi connectivity index (χ0v) is 11.8. The lowest BCUT2D eigenvalue weighted by Crippen LogP contribution is -2.44. The van der Waals surface area contributed by atoms with Crippen molar-refractivity contribution >= 4 is 11.9 Å². The van der Waals surface area contributed by atoms with E-state index < -0.39 is 18.3 Å². The van der Waals surface area contributed by atoms with Crippen LogP contribution in [-0.4, -0.2) is 37.9 Å². The summed E-state index contributed by atoms with van der Waals surface area (Å²) < 4.78 is 15.8. The molecular weight excluding hydrogens is 250 g/mol. The second-order valence-corrected chi connectivity index (χ2v) is 4.17. The van der Waals surface area contributed by atoms with Crippen molar-refractivity contribution in [3.05, 3.63) is 11.3 Å². The van der Waals surface area contributed by atoms with Crippen LogP contribution in [0.3, 0.4) is 0 Å². The molecule has 19 heavy (non-hydrogen) atoms. The van der Waals surface area contributed by atoms with Gasteiger partial charge in [0.2, 0.25) is 12.2 Å². The summed E-state index contributed by atoms with van der Waals surface area (Å²) in [5, 5.41) is 2.74. The van der Waals surface area contributed by atoms with Crippen LogP contribution in [0.5, 0.6) is 0 Å². The van der Waals surface area contributed by atoms with E-state index in [0.29, 0.717) is 30.8 Å². The van der Waals surface area contributed by atoms with Crippen molar-refractivity contribution in [1.29, 1.82) is 0 Å². The van der Waals surface area contributed by atoms with Crippen molar-refractivity contribution in [3.8, 4) is 0 Å². The number of allylic oxidation sites excluding steroid dienone is 1. The highest BCUT2D eigenvalue weighted by Gasteiger charge is 2.35. The molecule has 2 atom stereocenters. The first-order valence-electron chi connectivity index (χ1n) is 6.40. The Balaban J connectivity index is 3.05. The molecule has 1 aliphatic heterocycles. The maximum absolute atomic E-state index is 11.8. The molecule has 6 nitrogen and oxygen atoms in total. The van der Waals surface area contributed by atoms with Gasteiger partial charge < -0.3 is 19.5 Å². The van der Waals surface area contributed by atoms with Crippen LogP contribution in [0.25, 0.3) is 0 Å². The molecule has 6 heteroatoms. The summed E-state index contributed by atoms with van der Waals surface area (Å²) >= 11 is 0. The Kier molecular flexibility index (Phi) is 5.82. The summed E-state index contributed by atoms with van der Waals surface area (Å²) in [4.78, 5) is 23.1. The van der Waals surface area contributed by atoms with Gasteiger partial charge >= 0.3 is 5.97 Å². The minimum atomic E-state index is -0.481. The molecule has 1 aliphatic rings. The molecule has 108 valence electrons. The molecular formula is C13H21NO5. The summed E-state index contributed by atoms with van der Waals surface area (Å²) in [6, 6.07) is -0.440. The standard InChI is InChI=1S/C13H21NO5/c1-5-10-12(13(16)17-4)9(14-8(3)15)7-11(19-10)18-6-2/h9,11H,5-7H2,1-4H3,(H,14,15)/t9-,11+/m0/s1. The molecule has 0 unspecified atom stereocenters. The first-order chi connectivity index (χ1) is 9.03. The fraction of sp³-hybridized carbons (Fsp3) is 0.692. The van der Waals surface area contributed by atoms with E-state index in [1.165, 1.54) is 14.0 Å². The van der Waals surface area contributed by atoms with Gasteiger partial charge in [0.25, 0.3) is 0 Å². The Morgan fingerprint density at radius 1 is 1.42 bits per heavy atom. The highest BCUT2D eigenvalue weighted by molar-refractivity contribution is 5.91. The fourth-order valence-corrected chi connectivity index (χ4v) is 2.08. The van der Waals surface area contributed by atoms with Gasteiger partial charge in [0, 0.05) is 26.4 Å². The van der Waals surface area contributed by atoms with E-state index in [0.717, 1.165) is 0 Å². The predicted molar refractivity (Wildman–Crippen MR) is 68.1 cm³/mol. The van der Waals surface area contributed by atoms with Crippen LogP contribution in [0, 0.1) is 0 Å². The second kappa shape index (κ2) is 7.13. The minimum Gasteiger partial charge on any atom is -0.469 e. The van der Waals surface area contributed by atoms with Crippen LogP contribution < -0.4 is 5.32 Å². The maximum atomic E-state index is 11.8. The number of esters is 1. The molecule has 0 aromatic rings. The smallest absolute Gasteiger partial charge is 0.339 e. The van der Waals surface area contributed by atoms with Crippen molar-refractivity contribution in [2.45, 2.75) is 45.9 Å². The molecule has 0 aromatic carbocycles. The molecule has 1 amide bonds. The molecule has 0 saturated heterocycles. The molecule has 0 spiro atoms. The van der Waals surface area contributed by atoms with Crippen molar-refractivity contribution in [3.63, 3.8) is 0 Å². The molecule has 0 fully saturated rings. The van der Waals surface area contributed by atoms with Crippen molar-refractivity contribution in [1.82, 2.24) is 5.32 Å². The van der Waals surface area contributed by atoms with E-state index in [1.54, 1.807) is 0 Å². The monoisotopic (exact) mass is 271 g/mol. The van der Waals surface area contributed by atoms with Gasteiger partial charge in [0.05, 0.1) is 18.7 Å². The van der Waals surface area contributed by atoms with Gasteiger partial charge in [0.1, 0.15) is 5.76 Å². The van der Waals surface area contributed by atoms with E-state index in [4.69, 9.17) is 14.2 Å². The van der Waals surface area contributed by atoms with Crippen LogP contribution in [0.15, 0.2) is 11.3 Å². The lowest BCUT2D eigenvalue weighted by Gasteiger charge is -2.32. The fourth-order valence-electron chi connectivity index (χ4n) is 2.08. The Bertz CT molecular complexity index is 377. The number of rotatable bonds is 5. The van der Waals surface area contributed by atoms with Crippen LogP contribution >= 0.6 is 0 Å². The van der Waals surface area contributed by atoms with E-state index in [-0.39, 0.29) is 5.91 Å². The van der Waals surface area contributed by atoms with E-state index >= 15 is 0 Å². The van der Waals surface area contributed by atoms with Gasteiger partial charge in [-0.15, -0.1) is 0 Å². The number of carbonyl (C=O) groups is 2. The summed E-state index contributed by atoms with van der Waals surface area (Å²) in [6.07, 6.45) is 0.469. The molecule has 0 bridgehead atoms. The molecule has 0 aromatic heterocycles. The first-order valence-corrected chi connectivity index (χ1v) is 6.40. The quantitative estimate of drug-likeness (QED) is 0.758. The molecule has 0 saturated carbocycles. The first kappa shape index (κ1) is 15.5. The molecule has 1 heterocycles. The predicted octanol–water partition coefficient (Wildman–Crippen LogP) is 1.11. The third-order valence-electron chi connectivity index (χ3n) is 2.81. The summed E-state index contributed by atoms with van der Waals surface area (Å²) in [5.41, 5.74) is 0.371. The Hall–Kier alpha value is -1.56. The zero-order valence-electron chi connectivity index (χ0n) is 11.8. The number of methoxy groups -OCH3 is 1. The third-order valence-corrected chi connectivity index (χ3v) is 2.81. The molecule has 1 N–H and O–H groups in total. The minimum absolute atomic E-state index is 0.209. The SMILES string of the molecule is CCO[C@H]1C[C@H](NC(C)=O)C(C(=O)OC)=C(CC)O1. The summed E-state index contributed by atoms with van der Waals surface area (Å²) in [5.74, 6) is -0.181. The number of carbonyl (C=O) groups excluding carboxylic acids is 2. The van der Waals surface area contributed by atoms with Gasteiger partial charge in [0.15, 0.2) is 0 Å². The largest absolute Gasteiger partial charge is 0.469 e. The topological polar surface area (TPSA) is 73.9 Å². The highest BCUT2D eigenvalue weighted by atomic mass is 16.7. The van der Waals surface area contributed by atoms with Crippen molar-refractivity contribution < 1.29 is 23.8 Å². The lowest BCUT2D eigenvalue weighted by atomic mass is 9.98. The average molecular weight is 271 g/mol. The van der Waals surface area contributed by atoms with Crippen molar-refractivity contribution in [2.75, 3.05) is 13.7 Å². The van der Waals surface area contributed by atoms with Gasteiger partial charge in [-0.1, -0.05) is 6.92 Å². The van der Waals surface area contributed by atoms with E-state index in [2.05, 4.69) is 5.32 Å². The van der Waals surface area contributed by atoms with Gasteiger partial charge in [-0.25, -0.2) is 4.79 Å². The van der Waals surface area contributed by atoms with E-state index in [1.807, 2.05) is 13.8 Å². The van der Waals surface area contributed by atoms with Gasteiger partial charge in [-0.2, -0.15) is 0 Å². The maximum Gasteiger partial charge on any atom is 0.339 e. The van der Waals surface area contributed by atoms with Crippen LogP contribution in [0.2, 0.25) is 0 Å². The van der Waals surface area contributed by atoms with Crippen LogP contribution in [0.4, 0.5) is 0 Å². The Morgan fingerprint density at radius 3 is 2.58 bits per heavy atom. The third kappa shape index (κ3) is 3.96.